The van der Waals surface area contributed by atoms with E-state index in [-0.39, 0.29) is 16.7 Å². The summed E-state index contributed by atoms with van der Waals surface area (Å²) in [6, 6.07) is 17.5. The van der Waals surface area contributed by atoms with Crippen LogP contribution in [0.4, 0.5) is 0 Å². The van der Waals surface area contributed by atoms with Crippen LogP contribution in [0, 0.1) is 5.92 Å². The number of piperazine rings is 1. The van der Waals surface area contributed by atoms with E-state index in [2.05, 4.69) is 57.2 Å². The molecule has 2 fully saturated rings. The number of aromatic hydroxyl groups is 1. The monoisotopic (exact) mass is 541 g/mol. The molecule has 2 bridgehead atoms. The molecule has 0 aliphatic carbocycles. The van der Waals surface area contributed by atoms with Gasteiger partial charge in [-0.25, -0.2) is 0 Å². The Morgan fingerprint density at radius 1 is 0.875 bits per heavy atom. The third kappa shape index (κ3) is 5.70. The molecule has 210 valence electrons. The Balaban J connectivity index is 1.09. The molecule has 2 atom stereocenters. The highest BCUT2D eigenvalue weighted by atomic mass is 16.3. The van der Waals surface area contributed by atoms with Crippen LogP contribution in [-0.2, 0) is 26.7 Å². The molecule has 0 unspecified atom stereocenters. The summed E-state index contributed by atoms with van der Waals surface area (Å²) in [4.78, 5) is 32.4. The van der Waals surface area contributed by atoms with Crippen LogP contribution in [0.25, 0.3) is 6.08 Å². The number of pyridine rings is 2. The molecule has 1 N–H and O–H groups in total. The second-order valence-electron chi connectivity index (χ2n) is 11.6. The van der Waals surface area contributed by atoms with Crippen molar-refractivity contribution in [1.29, 1.82) is 0 Å². The fourth-order valence-electron chi connectivity index (χ4n) is 6.72. The minimum absolute atomic E-state index is 0.0932. The number of piperidine rings is 1. The highest BCUT2D eigenvalue weighted by Crippen LogP contribution is 2.35. The minimum atomic E-state index is -0.304. The van der Waals surface area contributed by atoms with Gasteiger partial charge in [-0.05, 0) is 24.0 Å². The van der Waals surface area contributed by atoms with Crippen molar-refractivity contribution in [3.8, 4) is 5.75 Å². The quantitative estimate of drug-likeness (QED) is 0.496. The van der Waals surface area contributed by atoms with Crippen LogP contribution in [0.5, 0.6) is 5.75 Å². The Labute approximate surface area is 235 Å². The van der Waals surface area contributed by atoms with Crippen LogP contribution < -0.4 is 11.0 Å². The van der Waals surface area contributed by atoms with Gasteiger partial charge in [0.05, 0.1) is 5.69 Å². The largest absolute Gasteiger partial charge is 0.503 e. The third-order valence-corrected chi connectivity index (χ3v) is 8.89. The Morgan fingerprint density at radius 2 is 1.65 bits per heavy atom. The van der Waals surface area contributed by atoms with Gasteiger partial charge in [-0.1, -0.05) is 48.6 Å². The van der Waals surface area contributed by atoms with Gasteiger partial charge in [-0.2, -0.15) is 0 Å². The highest BCUT2D eigenvalue weighted by Gasteiger charge is 2.34. The molecule has 5 heterocycles. The average Bonchev–Trinajstić information content (AvgIpc) is 2.96. The first-order valence-electron chi connectivity index (χ1n) is 14.4. The van der Waals surface area contributed by atoms with Gasteiger partial charge in [0, 0.05) is 102 Å². The Bertz CT molecular complexity index is 1490. The van der Waals surface area contributed by atoms with Gasteiger partial charge in [0.1, 0.15) is 0 Å². The SMILES string of the molecule is Cn1c(CN2C[C@@H]3C[C@@H](C2)c2cccc(=O)n2C3)cc(=O)c(O)c1CN1CCN(CC=Cc2ccccc2)CC1. The summed E-state index contributed by atoms with van der Waals surface area (Å²) in [7, 11) is 1.97. The predicted octanol–water partition coefficient (Wildman–Crippen LogP) is 2.70. The summed E-state index contributed by atoms with van der Waals surface area (Å²) in [6.45, 7) is 8.35. The van der Waals surface area contributed by atoms with E-state index in [0.29, 0.717) is 30.6 Å². The zero-order valence-electron chi connectivity index (χ0n) is 23.3. The van der Waals surface area contributed by atoms with Crippen molar-refractivity contribution in [2.75, 3.05) is 45.8 Å². The Morgan fingerprint density at radius 3 is 2.45 bits per heavy atom. The van der Waals surface area contributed by atoms with E-state index >= 15 is 0 Å². The molecule has 3 aliphatic rings. The van der Waals surface area contributed by atoms with E-state index in [4.69, 9.17) is 0 Å². The maximum Gasteiger partial charge on any atom is 0.250 e. The standard InChI is InChI=1S/C32H39N5O3/c1-33-27(22-36-19-25-17-26(21-36)28-10-5-11-31(39)37(28)20-25)18-30(38)32(40)29(33)23-35-15-13-34(14-16-35)12-6-9-24-7-3-2-4-8-24/h2-11,18,25-26,40H,12-17,19-23H2,1H3/t25-,26-/m0/s1. The number of nitrogens with zero attached hydrogens (tertiary/aromatic N) is 5. The van der Waals surface area contributed by atoms with Crippen LogP contribution in [0.3, 0.4) is 0 Å². The molecule has 0 radical (unpaired) electrons. The van der Waals surface area contributed by atoms with Crippen molar-refractivity contribution in [3.05, 3.63) is 104 Å². The second kappa shape index (κ2) is 11.6. The van der Waals surface area contributed by atoms with Gasteiger partial charge in [0.25, 0.3) is 5.56 Å². The first-order valence-corrected chi connectivity index (χ1v) is 14.4. The first kappa shape index (κ1) is 26.7. The fourth-order valence-corrected chi connectivity index (χ4v) is 6.72. The summed E-state index contributed by atoms with van der Waals surface area (Å²) in [5.41, 5.74) is 3.74. The van der Waals surface area contributed by atoms with Crippen molar-refractivity contribution in [1.82, 2.24) is 23.8 Å². The zero-order chi connectivity index (χ0) is 27.6. The van der Waals surface area contributed by atoms with Gasteiger partial charge in [0.15, 0.2) is 5.75 Å². The lowest BCUT2D eigenvalue weighted by Gasteiger charge is -2.43. The molecule has 0 amide bonds. The minimum Gasteiger partial charge on any atom is -0.503 e. The zero-order valence-corrected chi connectivity index (χ0v) is 23.3. The van der Waals surface area contributed by atoms with Crippen molar-refractivity contribution in [2.24, 2.45) is 13.0 Å². The molecule has 2 aromatic heterocycles. The topological polar surface area (TPSA) is 73.9 Å². The maximum atomic E-state index is 12.8. The molecule has 0 spiro atoms. The molecule has 3 aromatic rings. The van der Waals surface area contributed by atoms with Crippen molar-refractivity contribution < 1.29 is 5.11 Å². The van der Waals surface area contributed by atoms with E-state index in [1.807, 2.05) is 28.3 Å². The van der Waals surface area contributed by atoms with E-state index in [1.165, 1.54) is 5.56 Å². The summed E-state index contributed by atoms with van der Waals surface area (Å²) >= 11 is 0. The maximum absolute atomic E-state index is 12.8. The summed E-state index contributed by atoms with van der Waals surface area (Å²) in [5, 5.41) is 10.8. The van der Waals surface area contributed by atoms with Crippen LogP contribution >= 0.6 is 0 Å². The van der Waals surface area contributed by atoms with Crippen molar-refractivity contribution >= 4 is 6.08 Å². The highest BCUT2D eigenvalue weighted by molar-refractivity contribution is 5.48. The van der Waals surface area contributed by atoms with Crippen molar-refractivity contribution in [3.63, 3.8) is 0 Å². The first-order chi connectivity index (χ1) is 19.4. The second-order valence-corrected chi connectivity index (χ2v) is 11.6. The number of hydrogen-bond donors (Lipinski definition) is 1. The molecule has 2 saturated heterocycles. The van der Waals surface area contributed by atoms with Gasteiger partial charge in [-0.3, -0.25) is 24.3 Å². The summed E-state index contributed by atoms with van der Waals surface area (Å²) < 4.78 is 3.97. The van der Waals surface area contributed by atoms with Gasteiger partial charge in [-0.15, -0.1) is 0 Å². The van der Waals surface area contributed by atoms with Gasteiger partial charge in [0.2, 0.25) is 5.43 Å². The Kier molecular flexibility index (Phi) is 7.74. The van der Waals surface area contributed by atoms with E-state index in [0.717, 1.165) is 70.2 Å². The van der Waals surface area contributed by atoms with Crippen LogP contribution in [0.2, 0.25) is 0 Å². The lowest BCUT2D eigenvalue weighted by Crippen LogP contribution is -2.47. The number of hydrogen-bond acceptors (Lipinski definition) is 6. The van der Waals surface area contributed by atoms with Crippen molar-refractivity contribution in [2.45, 2.75) is 32.0 Å². The lowest BCUT2D eigenvalue weighted by atomic mass is 9.83. The number of fused-ring (bicyclic) bond motifs is 4. The molecule has 1 aromatic carbocycles. The Hall–Kier alpha value is -3.46. The average molecular weight is 542 g/mol. The number of likely N-dealkylation sites (tertiary alicyclic amines) is 1. The van der Waals surface area contributed by atoms with Gasteiger partial charge < -0.3 is 14.2 Å². The molecule has 8 heteroatoms. The summed E-state index contributed by atoms with van der Waals surface area (Å²) in [6.07, 6.45) is 5.49. The van der Waals surface area contributed by atoms with Crippen LogP contribution in [0.1, 0.15) is 35.0 Å². The fraction of sp³-hybridized carbons (Fsp3) is 0.438. The van der Waals surface area contributed by atoms with E-state index in [1.54, 1.807) is 12.1 Å². The number of rotatable bonds is 7. The molecule has 40 heavy (non-hydrogen) atoms. The smallest absolute Gasteiger partial charge is 0.250 e. The predicted molar refractivity (Wildman–Crippen MR) is 157 cm³/mol. The normalized spacial score (nSPS) is 22.0. The summed E-state index contributed by atoms with van der Waals surface area (Å²) in [5.74, 6) is 0.621. The number of benzene rings is 1. The molecular formula is C32H39N5O3. The molecular weight excluding hydrogens is 502 g/mol. The van der Waals surface area contributed by atoms with Crippen LogP contribution in [-0.4, -0.2) is 74.8 Å². The van der Waals surface area contributed by atoms with Crippen LogP contribution in [0.15, 0.2) is 70.3 Å². The lowest BCUT2D eigenvalue weighted by molar-refractivity contribution is 0.111. The third-order valence-electron chi connectivity index (χ3n) is 8.89. The van der Waals surface area contributed by atoms with E-state index in [9.17, 15) is 14.7 Å². The molecule has 3 aliphatic heterocycles. The van der Waals surface area contributed by atoms with Gasteiger partial charge >= 0.3 is 0 Å². The number of aromatic nitrogens is 2. The molecule has 8 nitrogen and oxygen atoms in total. The van der Waals surface area contributed by atoms with E-state index < -0.39 is 0 Å². The molecule has 6 rings (SSSR count). The molecule has 0 saturated carbocycles.